The number of carbonyl (C=O) groups is 2. The summed E-state index contributed by atoms with van der Waals surface area (Å²) < 4.78 is 11.5. The van der Waals surface area contributed by atoms with Gasteiger partial charge in [-0.15, -0.1) is 0 Å². The molecule has 0 radical (unpaired) electrons. The standard InChI is InChI=1S/C19H21NO4/c21-14-19(18(22)24-15-6-2-1-3-7-15)11-5-4-8-17(19)23-16-9-12-20-13-10-16/h1-8,11,14,16-17,20H,9-10,12-13H2. The van der Waals surface area contributed by atoms with E-state index in [-0.39, 0.29) is 6.10 Å². The number of carbonyl (C=O) groups excluding carboxylic acids is 2. The molecule has 1 aliphatic carbocycles. The summed E-state index contributed by atoms with van der Waals surface area (Å²) in [7, 11) is 0. The molecule has 1 heterocycles. The Hall–Kier alpha value is -2.24. The molecule has 1 aromatic rings. The second-order valence-electron chi connectivity index (χ2n) is 6.00. The van der Waals surface area contributed by atoms with Gasteiger partial charge in [-0.1, -0.05) is 42.5 Å². The monoisotopic (exact) mass is 327 g/mol. The first-order valence-corrected chi connectivity index (χ1v) is 8.20. The van der Waals surface area contributed by atoms with Crippen LogP contribution >= 0.6 is 0 Å². The number of para-hydroxylation sites is 1. The molecule has 5 nitrogen and oxygen atoms in total. The Morgan fingerprint density at radius 2 is 1.92 bits per heavy atom. The Labute approximate surface area is 141 Å². The average Bonchev–Trinajstić information content (AvgIpc) is 2.64. The van der Waals surface area contributed by atoms with Gasteiger partial charge in [-0.2, -0.15) is 0 Å². The zero-order chi connectivity index (χ0) is 16.8. The predicted molar refractivity (Wildman–Crippen MR) is 89.6 cm³/mol. The van der Waals surface area contributed by atoms with Crippen molar-refractivity contribution in [3.8, 4) is 5.75 Å². The molecule has 5 heteroatoms. The van der Waals surface area contributed by atoms with Crippen molar-refractivity contribution in [2.75, 3.05) is 13.1 Å². The van der Waals surface area contributed by atoms with Crippen LogP contribution in [0.15, 0.2) is 54.6 Å². The first kappa shape index (κ1) is 16.6. The molecule has 0 saturated carbocycles. The van der Waals surface area contributed by atoms with Crippen molar-refractivity contribution in [2.24, 2.45) is 5.41 Å². The summed E-state index contributed by atoms with van der Waals surface area (Å²) in [4.78, 5) is 24.6. The summed E-state index contributed by atoms with van der Waals surface area (Å²) in [6.07, 6.45) is 8.51. The number of nitrogens with one attached hydrogen (secondary N) is 1. The Balaban J connectivity index is 1.78. The minimum atomic E-state index is -1.45. The number of rotatable bonds is 5. The molecule has 3 rings (SSSR count). The van der Waals surface area contributed by atoms with Gasteiger partial charge in [0.15, 0.2) is 5.41 Å². The van der Waals surface area contributed by atoms with Crippen LogP contribution in [0.2, 0.25) is 0 Å². The van der Waals surface area contributed by atoms with Crippen LogP contribution in [0, 0.1) is 5.41 Å². The first-order valence-electron chi connectivity index (χ1n) is 8.20. The molecule has 2 aliphatic rings. The average molecular weight is 327 g/mol. The maximum absolute atomic E-state index is 12.7. The highest BCUT2D eigenvalue weighted by molar-refractivity contribution is 5.98. The van der Waals surface area contributed by atoms with Crippen molar-refractivity contribution < 1.29 is 19.1 Å². The third-order valence-electron chi connectivity index (χ3n) is 4.37. The summed E-state index contributed by atoms with van der Waals surface area (Å²) in [6, 6.07) is 8.74. The minimum absolute atomic E-state index is 0.0243. The Bertz CT molecular complexity index is 634. The fourth-order valence-corrected chi connectivity index (χ4v) is 2.95. The van der Waals surface area contributed by atoms with Crippen LogP contribution < -0.4 is 10.1 Å². The van der Waals surface area contributed by atoms with E-state index >= 15 is 0 Å². The van der Waals surface area contributed by atoms with Gasteiger partial charge in [0.2, 0.25) is 0 Å². The van der Waals surface area contributed by atoms with Gasteiger partial charge in [0.05, 0.1) is 6.10 Å². The van der Waals surface area contributed by atoms with Crippen LogP contribution in [0.25, 0.3) is 0 Å². The van der Waals surface area contributed by atoms with E-state index in [4.69, 9.17) is 9.47 Å². The van der Waals surface area contributed by atoms with Gasteiger partial charge in [0.1, 0.15) is 18.1 Å². The molecule has 1 aliphatic heterocycles. The molecule has 126 valence electrons. The van der Waals surface area contributed by atoms with Gasteiger partial charge in [-0.25, -0.2) is 0 Å². The molecule has 1 fully saturated rings. The van der Waals surface area contributed by atoms with Gasteiger partial charge in [0.25, 0.3) is 0 Å². The molecular weight excluding hydrogens is 306 g/mol. The number of allylic oxidation sites excluding steroid dienone is 2. The number of esters is 1. The molecule has 0 bridgehead atoms. The van der Waals surface area contributed by atoms with E-state index in [0.717, 1.165) is 25.9 Å². The van der Waals surface area contributed by atoms with E-state index in [1.54, 1.807) is 48.6 Å². The third-order valence-corrected chi connectivity index (χ3v) is 4.37. The molecule has 0 amide bonds. The number of ether oxygens (including phenoxy) is 2. The second-order valence-corrected chi connectivity index (χ2v) is 6.00. The molecule has 2 atom stereocenters. The van der Waals surface area contributed by atoms with E-state index < -0.39 is 17.5 Å². The highest BCUT2D eigenvalue weighted by Gasteiger charge is 2.47. The lowest BCUT2D eigenvalue weighted by Crippen LogP contribution is -2.48. The number of aldehydes is 1. The van der Waals surface area contributed by atoms with Gasteiger partial charge >= 0.3 is 5.97 Å². The van der Waals surface area contributed by atoms with Gasteiger partial charge in [-0.05, 0) is 38.1 Å². The lowest BCUT2D eigenvalue weighted by molar-refractivity contribution is -0.155. The second kappa shape index (κ2) is 7.55. The molecule has 24 heavy (non-hydrogen) atoms. The van der Waals surface area contributed by atoms with E-state index in [2.05, 4.69) is 5.32 Å². The topological polar surface area (TPSA) is 64.6 Å². The molecule has 0 aromatic heterocycles. The highest BCUT2D eigenvalue weighted by Crippen LogP contribution is 2.32. The maximum Gasteiger partial charge on any atom is 0.331 e. The molecule has 1 aromatic carbocycles. The zero-order valence-corrected chi connectivity index (χ0v) is 13.4. The lowest BCUT2D eigenvalue weighted by atomic mass is 9.80. The number of hydrogen-bond acceptors (Lipinski definition) is 5. The van der Waals surface area contributed by atoms with Crippen molar-refractivity contribution in [2.45, 2.75) is 25.0 Å². The van der Waals surface area contributed by atoms with Crippen molar-refractivity contribution in [1.82, 2.24) is 5.32 Å². The maximum atomic E-state index is 12.7. The normalized spacial score (nSPS) is 26.9. The summed E-state index contributed by atoms with van der Waals surface area (Å²) in [5, 5.41) is 3.27. The Kier molecular flexibility index (Phi) is 5.23. The van der Waals surface area contributed by atoms with Crippen LogP contribution in [-0.2, 0) is 14.3 Å². The largest absolute Gasteiger partial charge is 0.425 e. The molecule has 2 unspecified atom stereocenters. The fraction of sp³-hybridized carbons (Fsp3) is 0.368. The van der Waals surface area contributed by atoms with Crippen LogP contribution in [0.1, 0.15) is 12.8 Å². The Morgan fingerprint density at radius 3 is 2.62 bits per heavy atom. The van der Waals surface area contributed by atoms with Gasteiger partial charge < -0.3 is 19.6 Å². The SMILES string of the molecule is O=CC1(C(=O)Oc2ccccc2)C=CC=CC1OC1CCNCC1. The smallest absolute Gasteiger partial charge is 0.331 e. The van der Waals surface area contributed by atoms with Crippen molar-refractivity contribution in [1.29, 1.82) is 0 Å². The Morgan fingerprint density at radius 1 is 1.17 bits per heavy atom. The first-order chi connectivity index (χ1) is 11.7. The molecular formula is C19H21NO4. The summed E-state index contributed by atoms with van der Waals surface area (Å²) >= 11 is 0. The van der Waals surface area contributed by atoms with Crippen molar-refractivity contribution in [3.05, 3.63) is 54.6 Å². The molecule has 0 spiro atoms. The summed E-state index contributed by atoms with van der Waals surface area (Å²) in [5.74, 6) is -0.212. The van der Waals surface area contributed by atoms with Crippen molar-refractivity contribution >= 4 is 12.3 Å². The zero-order valence-electron chi connectivity index (χ0n) is 13.4. The number of piperidine rings is 1. The molecule has 1 N–H and O–H groups in total. The summed E-state index contributed by atoms with van der Waals surface area (Å²) in [5.41, 5.74) is -1.45. The fourth-order valence-electron chi connectivity index (χ4n) is 2.95. The van der Waals surface area contributed by atoms with E-state index in [1.807, 2.05) is 6.07 Å². The van der Waals surface area contributed by atoms with Gasteiger partial charge in [0, 0.05) is 0 Å². The quantitative estimate of drug-likeness (QED) is 0.388. The number of hydrogen-bond donors (Lipinski definition) is 1. The summed E-state index contributed by atoms with van der Waals surface area (Å²) in [6.45, 7) is 1.75. The van der Waals surface area contributed by atoms with Crippen LogP contribution in [0.3, 0.4) is 0 Å². The minimum Gasteiger partial charge on any atom is -0.425 e. The predicted octanol–water partition coefficient (Wildman–Crippen LogP) is 2.04. The third kappa shape index (κ3) is 3.47. The van der Waals surface area contributed by atoms with E-state index in [9.17, 15) is 9.59 Å². The van der Waals surface area contributed by atoms with Crippen LogP contribution in [0.5, 0.6) is 5.75 Å². The number of benzene rings is 1. The molecule has 1 saturated heterocycles. The highest BCUT2D eigenvalue weighted by atomic mass is 16.5. The van der Waals surface area contributed by atoms with Crippen LogP contribution in [0.4, 0.5) is 0 Å². The van der Waals surface area contributed by atoms with Crippen LogP contribution in [-0.4, -0.2) is 37.6 Å². The van der Waals surface area contributed by atoms with Gasteiger partial charge in [-0.3, -0.25) is 4.79 Å². The van der Waals surface area contributed by atoms with E-state index in [1.165, 1.54) is 0 Å². The lowest BCUT2D eigenvalue weighted by Gasteiger charge is -2.35. The van der Waals surface area contributed by atoms with Crippen molar-refractivity contribution in [3.63, 3.8) is 0 Å². The van der Waals surface area contributed by atoms with E-state index in [0.29, 0.717) is 12.0 Å².